The van der Waals surface area contributed by atoms with Crippen LogP contribution in [0.15, 0.2) is 24.3 Å². The Bertz CT molecular complexity index is 509. The van der Waals surface area contributed by atoms with Crippen LogP contribution in [0, 0.1) is 11.3 Å². The zero-order chi connectivity index (χ0) is 16.0. The van der Waals surface area contributed by atoms with Crippen LogP contribution in [0.4, 0.5) is 0 Å². The fourth-order valence-electron chi connectivity index (χ4n) is 1.93. The molecule has 1 aromatic rings. The highest BCUT2D eigenvalue weighted by Crippen LogP contribution is 2.24. The molecule has 114 valence electrons. The van der Waals surface area contributed by atoms with Gasteiger partial charge in [0.15, 0.2) is 6.10 Å². The Hall–Kier alpha value is -2.02. The highest BCUT2D eigenvalue weighted by Gasteiger charge is 2.19. The summed E-state index contributed by atoms with van der Waals surface area (Å²) in [7, 11) is 1.68. The van der Waals surface area contributed by atoms with Gasteiger partial charge in [-0.05, 0) is 30.0 Å². The zero-order valence-electron chi connectivity index (χ0n) is 13.5. The molecule has 1 amide bonds. The van der Waals surface area contributed by atoms with Crippen LogP contribution in [0.5, 0.6) is 5.75 Å². The Balaban J connectivity index is 2.64. The van der Waals surface area contributed by atoms with Crippen molar-refractivity contribution < 1.29 is 9.53 Å². The Morgan fingerprint density at radius 2 is 1.90 bits per heavy atom. The van der Waals surface area contributed by atoms with Gasteiger partial charge in [-0.15, -0.1) is 0 Å². The second kappa shape index (κ2) is 7.12. The van der Waals surface area contributed by atoms with E-state index >= 15 is 0 Å². The van der Waals surface area contributed by atoms with Crippen molar-refractivity contribution in [2.24, 2.45) is 0 Å². The number of carbonyl (C=O) groups excluding carboxylic acids is 1. The lowest BCUT2D eigenvalue weighted by Crippen LogP contribution is -2.38. The quantitative estimate of drug-likeness (QED) is 0.836. The van der Waals surface area contributed by atoms with E-state index in [0.717, 1.165) is 0 Å². The highest BCUT2D eigenvalue weighted by molar-refractivity contribution is 5.80. The van der Waals surface area contributed by atoms with Crippen LogP contribution in [-0.2, 0) is 10.2 Å². The second-order valence-corrected chi connectivity index (χ2v) is 6.20. The van der Waals surface area contributed by atoms with Crippen LogP contribution in [0.3, 0.4) is 0 Å². The molecule has 4 heteroatoms. The fourth-order valence-corrected chi connectivity index (χ4v) is 1.93. The lowest BCUT2D eigenvalue weighted by molar-refractivity contribution is -0.136. The van der Waals surface area contributed by atoms with Crippen LogP contribution in [-0.4, -0.2) is 30.5 Å². The van der Waals surface area contributed by atoms with Crippen molar-refractivity contribution >= 4 is 5.91 Å². The molecule has 0 heterocycles. The summed E-state index contributed by atoms with van der Waals surface area (Å²) in [6.07, 6.45) is -0.232. The van der Waals surface area contributed by atoms with Crippen LogP contribution < -0.4 is 4.74 Å². The van der Waals surface area contributed by atoms with E-state index in [9.17, 15) is 4.79 Å². The number of benzene rings is 1. The van der Waals surface area contributed by atoms with Crippen molar-refractivity contribution in [1.29, 1.82) is 5.26 Å². The zero-order valence-corrected chi connectivity index (χ0v) is 13.5. The molecule has 0 fully saturated rings. The first-order valence-electron chi connectivity index (χ1n) is 7.15. The molecule has 4 nitrogen and oxygen atoms in total. The van der Waals surface area contributed by atoms with E-state index in [-0.39, 0.29) is 11.3 Å². The molecule has 1 aromatic carbocycles. The summed E-state index contributed by atoms with van der Waals surface area (Å²) < 4.78 is 5.67. The largest absolute Gasteiger partial charge is 0.481 e. The number of rotatable bonds is 5. The molecule has 0 aromatic heterocycles. The van der Waals surface area contributed by atoms with E-state index in [0.29, 0.717) is 18.7 Å². The summed E-state index contributed by atoms with van der Waals surface area (Å²) in [5, 5.41) is 8.54. The monoisotopic (exact) mass is 288 g/mol. The lowest BCUT2D eigenvalue weighted by Gasteiger charge is -2.22. The maximum Gasteiger partial charge on any atom is 0.263 e. The van der Waals surface area contributed by atoms with Gasteiger partial charge in [-0.3, -0.25) is 4.79 Å². The van der Waals surface area contributed by atoms with Crippen molar-refractivity contribution in [1.82, 2.24) is 4.90 Å². The van der Waals surface area contributed by atoms with Gasteiger partial charge in [0.2, 0.25) is 0 Å². The second-order valence-electron chi connectivity index (χ2n) is 6.20. The molecular formula is C17H24N2O2. The third-order valence-corrected chi connectivity index (χ3v) is 3.32. The first kappa shape index (κ1) is 17.0. The predicted octanol–water partition coefficient (Wildman–Crippen LogP) is 3.12. The van der Waals surface area contributed by atoms with Crippen molar-refractivity contribution in [2.45, 2.75) is 45.6 Å². The molecule has 1 unspecified atom stereocenters. The van der Waals surface area contributed by atoms with Gasteiger partial charge in [0.05, 0.1) is 12.5 Å². The Morgan fingerprint density at radius 3 is 2.38 bits per heavy atom. The maximum atomic E-state index is 12.1. The first-order chi connectivity index (χ1) is 9.75. The van der Waals surface area contributed by atoms with Gasteiger partial charge in [-0.2, -0.15) is 5.26 Å². The summed E-state index contributed by atoms with van der Waals surface area (Å²) in [6, 6.07) is 9.84. The average molecular weight is 288 g/mol. The SMILES string of the molecule is CC(Oc1ccc(C(C)(C)C)cc1)C(=O)N(C)CCC#N. The van der Waals surface area contributed by atoms with Crippen LogP contribution in [0.25, 0.3) is 0 Å². The van der Waals surface area contributed by atoms with Crippen LogP contribution in [0.1, 0.15) is 39.7 Å². The molecule has 0 saturated heterocycles. The fraction of sp³-hybridized carbons (Fsp3) is 0.529. The van der Waals surface area contributed by atoms with Gasteiger partial charge in [0, 0.05) is 13.6 Å². The summed E-state index contributed by atoms with van der Waals surface area (Å²) >= 11 is 0. The van der Waals surface area contributed by atoms with Crippen molar-refractivity contribution in [2.75, 3.05) is 13.6 Å². The molecule has 0 bridgehead atoms. The smallest absolute Gasteiger partial charge is 0.263 e. The molecule has 1 atom stereocenters. The molecule has 0 aliphatic carbocycles. The molecule has 21 heavy (non-hydrogen) atoms. The van der Waals surface area contributed by atoms with Crippen molar-refractivity contribution in [3.05, 3.63) is 29.8 Å². The van der Waals surface area contributed by atoms with Gasteiger partial charge >= 0.3 is 0 Å². The average Bonchev–Trinajstić information content (AvgIpc) is 2.43. The maximum absolute atomic E-state index is 12.1. The van der Waals surface area contributed by atoms with E-state index < -0.39 is 6.10 Å². The third kappa shape index (κ3) is 5.11. The summed E-state index contributed by atoms with van der Waals surface area (Å²) in [5.74, 6) is 0.558. The molecule has 0 spiro atoms. The minimum atomic E-state index is -0.561. The van der Waals surface area contributed by atoms with Gasteiger partial charge in [0.25, 0.3) is 5.91 Å². The number of hydrogen-bond donors (Lipinski definition) is 0. The number of carbonyl (C=O) groups is 1. The summed E-state index contributed by atoms with van der Waals surface area (Å²) in [5.41, 5.74) is 1.32. The number of hydrogen-bond acceptors (Lipinski definition) is 3. The third-order valence-electron chi connectivity index (χ3n) is 3.32. The summed E-state index contributed by atoms with van der Waals surface area (Å²) in [4.78, 5) is 13.6. The van der Waals surface area contributed by atoms with Crippen LogP contribution >= 0.6 is 0 Å². The van der Waals surface area contributed by atoms with E-state index in [2.05, 4.69) is 20.8 Å². The molecule has 0 radical (unpaired) electrons. The molecular weight excluding hydrogens is 264 g/mol. The molecule has 0 N–H and O–H groups in total. The van der Waals surface area contributed by atoms with E-state index in [1.807, 2.05) is 30.3 Å². The van der Waals surface area contributed by atoms with E-state index in [1.165, 1.54) is 10.5 Å². The Kier molecular flexibility index (Phi) is 5.78. The molecule has 0 saturated carbocycles. The minimum Gasteiger partial charge on any atom is -0.481 e. The van der Waals surface area contributed by atoms with Gasteiger partial charge in [-0.1, -0.05) is 32.9 Å². The predicted molar refractivity (Wildman–Crippen MR) is 83.1 cm³/mol. The van der Waals surface area contributed by atoms with Gasteiger partial charge in [0.1, 0.15) is 5.75 Å². The first-order valence-corrected chi connectivity index (χ1v) is 7.15. The standard InChI is InChI=1S/C17H24N2O2/c1-13(16(20)19(5)12-6-11-18)21-15-9-7-14(8-10-15)17(2,3)4/h7-10,13H,6,12H2,1-5H3. The van der Waals surface area contributed by atoms with Crippen molar-refractivity contribution in [3.8, 4) is 11.8 Å². The Morgan fingerprint density at radius 1 is 1.33 bits per heavy atom. The Labute approximate surface area is 127 Å². The number of amides is 1. The summed E-state index contributed by atoms with van der Waals surface area (Å²) in [6.45, 7) is 8.60. The topological polar surface area (TPSA) is 53.3 Å². The minimum absolute atomic E-state index is 0.0947. The molecule has 0 aliphatic rings. The van der Waals surface area contributed by atoms with Crippen molar-refractivity contribution in [3.63, 3.8) is 0 Å². The van der Waals surface area contributed by atoms with Gasteiger partial charge < -0.3 is 9.64 Å². The van der Waals surface area contributed by atoms with E-state index in [4.69, 9.17) is 10.00 Å². The van der Waals surface area contributed by atoms with E-state index in [1.54, 1.807) is 14.0 Å². The lowest BCUT2D eigenvalue weighted by atomic mass is 9.87. The molecule has 1 rings (SSSR count). The number of nitriles is 1. The van der Waals surface area contributed by atoms with Crippen LogP contribution in [0.2, 0.25) is 0 Å². The number of likely N-dealkylation sites (N-methyl/N-ethyl adjacent to an activating group) is 1. The van der Waals surface area contributed by atoms with Gasteiger partial charge in [-0.25, -0.2) is 0 Å². The number of nitrogens with zero attached hydrogens (tertiary/aromatic N) is 2. The normalized spacial score (nSPS) is 12.4. The number of ether oxygens (including phenoxy) is 1. The molecule has 0 aliphatic heterocycles. The highest BCUT2D eigenvalue weighted by atomic mass is 16.5.